The van der Waals surface area contributed by atoms with Crippen LogP contribution >= 0.6 is 11.6 Å². The van der Waals surface area contributed by atoms with Crippen LogP contribution in [0.1, 0.15) is 43.4 Å². The van der Waals surface area contributed by atoms with E-state index < -0.39 is 0 Å². The quantitative estimate of drug-likeness (QED) is 0.844. The normalized spacial score (nSPS) is 18.9. The van der Waals surface area contributed by atoms with E-state index in [0.29, 0.717) is 0 Å². The van der Waals surface area contributed by atoms with Crippen molar-refractivity contribution in [1.82, 2.24) is 4.98 Å². The second-order valence-electron chi connectivity index (χ2n) is 5.86. The number of hydrogen-bond donors (Lipinski definition) is 2. The molecule has 0 radical (unpaired) electrons. The number of nitrogens with two attached hydrogens (primary N) is 1. The van der Waals surface area contributed by atoms with Gasteiger partial charge in [-0.3, -0.25) is 0 Å². The summed E-state index contributed by atoms with van der Waals surface area (Å²) in [5, 5.41) is 2.06. The van der Waals surface area contributed by atoms with Gasteiger partial charge in [0.25, 0.3) is 0 Å². The summed E-state index contributed by atoms with van der Waals surface area (Å²) in [5.41, 5.74) is 10.2. The average molecular weight is 277 g/mol. The Hall–Kier alpha value is -0.990. The molecule has 102 valence electrons. The SMILES string of the molecule is Cc1[nH]c2ccc(Cl)cc2c1C1(CN)CCCCC1. The van der Waals surface area contributed by atoms with Gasteiger partial charge >= 0.3 is 0 Å². The van der Waals surface area contributed by atoms with Crippen LogP contribution in [-0.4, -0.2) is 11.5 Å². The molecule has 1 aliphatic carbocycles. The van der Waals surface area contributed by atoms with Crippen LogP contribution in [0.2, 0.25) is 5.02 Å². The van der Waals surface area contributed by atoms with Crippen molar-refractivity contribution in [1.29, 1.82) is 0 Å². The summed E-state index contributed by atoms with van der Waals surface area (Å²) >= 11 is 6.18. The van der Waals surface area contributed by atoms with Crippen molar-refractivity contribution in [2.75, 3.05) is 6.54 Å². The van der Waals surface area contributed by atoms with E-state index in [1.807, 2.05) is 6.07 Å². The van der Waals surface area contributed by atoms with Gasteiger partial charge in [0.2, 0.25) is 0 Å². The van der Waals surface area contributed by atoms with Crippen LogP contribution < -0.4 is 5.73 Å². The molecule has 1 heterocycles. The molecule has 0 amide bonds. The Morgan fingerprint density at radius 2 is 2.00 bits per heavy atom. The number of benzene rings is 1. The van der Waals surface area contributed by atoms with E-state index in [1.165, 1.54) is 54.3 Å². The van der Waals surface area contributed by atoms with Gasteiger partial charge in [0.1, 0.15) is 0 Å². The summed E-state index contributed by atoms with van der Waals surface area (Å²) < 4.78 is 0. The summed E-state index contributed by atoms with van der Waals surface area (Å²) in [5.74, 6) is 0. The number of aryl methyl sites for hydroxylation is 1. The third-order valence-electron chi connectivity index (χ3n) is 4.68. The Morgan fingerprint density at radius 3 is 2.68 bits per heavy atom. The molecule has 0 aliphatic heterocycles. The summed E-state index contributed by atoms with van der Waals surface area (Å²) in [6.07, 6.45) is 6.30. The molecule has 1 saturated carbocycles. The standard InChI is InChI=1S/C16H21ClN2/c1-11-15(16(10-18)7-3-2-4-8-16)13-9-12(17)5-6-14(13)19-11/h5-6,9,19H,2-4,7-8,10,18H2,1H3. The molecule has 3 heteroatoms. The molecular formula is C16H21ClN2. The molecule has 1 aliphatic rings. The minimum absolute atomic E-state index is 0.144. The van der Waals surface area contributed by atoms with E-state index in [0.717, 1.165) is 11.6 Å². The first-order chi connectivity index (χ1) is 9.16. The number of nitrogens with one attached hydrogen (secondary N) is 1. The summed E-state index contributed by atoms with van der Waals surface area (Å²) in [4.78, 5) is 3.50. The fraction of sp³-hybridized carbons (Fsp3) is 0.500. The molecule has 19 heavy (non-hydrogen) atoms. The molecule has 0 saturated heterocycles. The van der Waals surface area contributed by atoms with E-state index in [1.54, 1.807) is 0 Å². The number of fused-ring (bicyclic) bond motifs is 1. The molecule has 0 atom stereocenters. The summed E-state index contributed by atoms with van der Waals surface area (Å²) in [7, 11) is 0. The zero-order valence-corrected chi connectivity index (χ0v) is 12.2. The molecule has 3 N–H and O–H groups in total. The molecule has 3 rings (SSSR count). The largest absolute Gasteiger partial charge is 0.358 e. The van der Waals surface area contributed by atoms with E-state index in [-0.39, 0.29) is 5.41 Å². The molecule has 0 spiro atoms. The molecule has 1 fully saturated rings. The van der Waals surface area contributed by atoms with E-state index in [2.05, 4.69) is 24.0 Å². The molecule has 1 aromatic heterocycles. The lowest BCUT2D eigenvalue weighted by Crippen LogP contribution is -2.37. The second kappa shape index (κ2) is 4.84. The third-order valence-corrected chi connectivity index (χ3v) is 4.91. The van der Waals surface area contributed by atoms with Gasteiger partial charge in [-0.25, -0.2) is 0 Å². The van der Waals surface area contributed by atoms with Gasteiger partial charge in [0.15, 0.2) is 0 Å². The lowest BCUT2D eigenvalue weighted by Gasteiger charge is -2.37. The van der Waals surface area contributed by atoms with Gasteiger partial charge in [-0.2, -0.15) is 0 Å². The number of halogens is 1. The molecule has 2 nitrogen and oxygen atoms in total. The Kier molecular flexibility index (Phi) is 3.32. The highest BCUT2D eigenvalue weighted by atomic mass is 35.5. The van der Waals surface area contributed by atoms with Crippen molar-refractivity contribution in [3.05, 3.63) is 34.5 Å². The van der Waals surface area contributed by atoms with Gasteiger partial charge in [0.05, 0.1) is 0 Å². The Balaban J connectivity index is 2.22. The van der Waals surface area contributed by atoms with Crippen LogP contribution in [0.3, 0.4) is 0 Å². The van der Waals surface area contributed by atoms with E-state index in [4.69, 9.17) is 17.3 Å². The van der Waals surface area contributed by atoms with Gasteiger partial charge in [-0.1, -0.05) is 30.9 Å². The first-order valence-corrected chi connectivity index (χ1v) is 7.52. The maximum Gasteiger partial charge on any atom is 0.0460 e. The fourth-order valence-corrected chi connectivity index (χ4v) is 3.94. The molecule has 0 bridgehead atoms. The van der Waals surface area contributed by atoms with Gasteiger partial charge in [-0.05, 0) is 43.5 Å². The van der Waals surface area contributed by atoms with Gasteiger partial charge in [-0.15, -0.1) is 0 Å². The number of aromatic nitrogens is 1. The van der Waals surface area contributed by atoms with Crippen molar-refractivity contribution in [2.24, 2.45) is 5.73 Å². The van der Waals surface area contributed by atoms with Gasteiger partial charge < -0.3 is 10.7 Å². The molecule has 0 unspecified atom stereocenters. The van der Waals surface area contributed by atoms with Gasteiger partial charge in [0, 0.05) is 33.6 Å². The predicted molar refractivity (Wildman–Crippen MR) is 81.9 cm³/mol. The van der Waals surface area contributed by atoms with Crippen LogP contribution in [0, 0.1) is 6.92 Å². The second-order valence-corrected chi connectivity index (χ2v) is 6.30. The number of rotatable bonds is 2. The Morgan fingerprint density at radius 1 is 1.26 bits per heavy atom. The van der Waals surface area contributed by atoms with Crippen LogP contribution in [0.15, 0.2) is 18.2 Å². The zero-order chi connectivity index (χ0) is 13.5. The highest BCUT2D eigenvalue weighted by Crippen LogP contribution is 2.43. The van der Waals surface area contributed by atoms with Crippen molar-refractivity contribution < 1.29 is 0 Å². The van der Waals surface area contributed by atoms with Crippen LogP contribution in [0.25, 0.3) is 10.9 Å². The van der Waals surface area contributed by atoms with Crippen molar-refractivity contribution in [3.63, 3.8) is 0 Å². The monoisotopic (exact) mass is 276 g/mol. The van der Waals surface area contributed by atoms with Crippen molar-refractivity contribution >= 4 is 22.5 Å². The van der Waals surface area contributed by atoms with Crippen LogP contribution in [0.5, 0.6) is 0 Å². The Labute approximate surface area is 119 Å². The number of H-pyrrole nitrogens is 1. The Bertz CT molecular complexity index is 594. The van der Waals surface area contributed by atoms with Crippen molar-refractivity contribution in [2.45, 2.75) is 44.4 Å². The first-order valence-electron chi connectivity index (χ1n) is 7.15. The lowest BCUT2D eigenvalue weighted by molar-refractivity contribution is 0.302. The summed E-state index contributed by atoms with van der Waals surface area (Å²) in [6, 6.07) is 6.10. The highest BCUT2D eigenvalue weighted by molar-refractivity contribution is 6.31. The molecule has 2 aromatic rings. The third kappa shape index (κ3) is 2.07. The predicted octanol–water partition coefficient (Wildman–Crippen LogP) is 4.29. The zero-order valence-electron chi connectivity index (χ0n) is 11.4. The van der Waals surface area contributed by atoms with E-state index >= 15 is 0 Å². The number of hydrogen-bond acceptors (Lipinski definition) is 1. The van der Waals surface area contributed by atoms with Crippen LogP contribution in [0.4, 0.5) is 0 Å². The minimum atomic E-state index is 0.144. The van der Waals surface area contributed by atoms with Crippen LogP contribution in [-0.2, 0) is 5.41 Å². The fourth-order valence-electron chi connectivity index (χ4n) is 3.77. The summed E-state index contributed by atoms with van der Waals surface area (Å²) in [6.45, 7) is 2.89. The maximum absolute atomic E-state index is 6.18. The molecule has 1 aromatic carbocycles. The maximum atomic E-state index is 6.18. The topological polar surface area (TPSA) is 41.8 Å². The molecular weight excluding hydrogens is 256 g/mol. The van der Waals surface area contributed by atoms with E-state index in [9.17, 15) is 0 Å². The first kappa shape index (κ1) is 13.0. The highest BCUT2D eigenvalue weighted by Gasteiger charge is 2.35. The minimum Gasteiger partial charge on any atom is -0.358 e. The average Bonchev–Trinajstić information content (AvgIpc) is 2.75. The van der Waals surface area contributed by atoms with Crippen molar-refractivity contribution in [3.8, 4) is 0 Å². The lowest BCUT2D eigenvalue weighted by atomic mass is 9.68. The smallest absolute Gasteiger partial charge is 0.0460 e. The number of aromatic amines is 1.